The van der Waals surface area contributed by atoms with Crippen molar-refractivity contribution >= 4 is 62.2 Å². The molecule has 0 atom stereocenters. The van der Waals surface area contributed by atoms with Gasteiger partial charge in [-0.2, -0.15) is 0 Å². The molecule has 2 N–H and O–H groups in total. The molecular formula is C22H17Cl2N5O4S. The number of carbonyl (C=O) groups is 2. The summed E-state index contributed by atoms with van der Waals surface area (Å²) in [7, 11) is -3.94. The van der Waals surface area contributed by atoms with E-state index in [0.717, 1.165) is 16.0 Å². The van der Waals surface area contributed by atoms with E-state index >= 15 is 0 Å². The summed E-state index contributed by atoms with van der Waals surface area (Å²) in [6.45, 7) is 3.70. The predicted octanol–water partition coefficient (Wildman–Crippen LogP) is 3.98. The molecule has 0 saturated carbocycles. The zero-order chi connectivity index (χ0) is 24.6. The van der Waals surface area contributed by atoms with Crippen LogP contribution < -0.4 is 14.9 Å². The first-order valence-corrected chi connectivity index (χ1v) is 12.1. The number of nitrogens with zero attached hydrogens (tertiary/aromatic N) is 3. The van der Waals surface area contributed by atoms with Gasteiger partial charge in [0.05, 0.1) is 10.6 Å². The number of benzene rings is 2. The average Bonchev–Trinajstić information content (AvgIpc) is 2.99. The van der Waals surface area contributed by atoms with Crippen molar-refractivity contribution in [2.24, 2.45) is 0 Å². The normalized spacial score (nSPS) is 14.1. The molecule has 1 aliphatic rings. The maximum Gasteiger partial charge on any atom is 0.283 e. The number of amides is 2. The summed E-state index contributed by atoms with van der Waals surface area (Å²) in [5, 5.41) is 9.93. The third-order valence-electron chi connectivity index (χ3n) is 4.93. The predicted molar refractivity (Wildman–Crippen MR) is 129 cm³/mol. The molecule has 34 heavy (non-hydrogen) atoms. The zero-order valence-electron chi connectivity index (χ0n) is 17.8. The van der Waals surface area contributed by atoms with Gasteiger partial charge in [0.1, 0.15) is 10.7 Å². The third kappa shape index (κ3) is 4.60. The minimum absolute atomic E-state index is 0.00472. The number of halogens is 2. The van der Waals surface area contributed by atoms with Crippen molar-refractivity contribution < 1.29 is 18.0 Å². The van der Waals surface area contributed by atoms with E-state index in [9.17, 15) is 18.0 Å². The van der Waals surface area contributed by atoms with Crippen LogP contribution in [0.5, 0.6) is 0 Å². The van der Waals surface area contributed by atoms with E-state index in [1.54, 1.807) is 19.1 Å². The molecule has 0 spiro atoms. The number of anilines is 3. The summed E-state index contributed by atoms with van der Waals surface area (Å²) >= 11 is 11.8. The summed E-state index contributed by atoms with van der Waals surface area (Å²) in [5.41, 5.74) is 2.44. The second kappa shape index (κ2) is 9.05. The highest BCUT2D eigenvalue weighted by atomic mass is 35.5. The highest BCUT2D eigenvalue weighted by Gasteiger charge is 2.39. The molecule has 0 saturated heterocycles. The van der Waals surface area contributed by atoms with Crippen molar-refractivity contribution in [2.75, 3.05) is 14.9 Å². The summed E-state index contributed by atoms with van der Waals surface area (Å²) in [6, 6.07) is 13.7. The van der Waals surface area contributed by atoms with Gasteiger partial charge in [0.25, 0.3) is 21.8 Å². The second-order valence-corrected chi connectivity index (χ2v) is 9.87. The van der Waals surface area contributed by atoms with Crippen molar-refractivity contribution in [2.45, 2.75) is 18.7 Å². The van der Waals surface area contributed by atoms with Crippen LogP contribution >= 0.6 is 23.2 Å². The Morgan fingerprint density at radius 3 is 2.21 bits per heavy atom. The van der Waals surface area contributed by atoms with Crippen LogP contribution in [0.3, 0.4) is 0 Å². The van der Waals surface area contributed by atoms with Crippen molar-refractivity contribution in [1.82, 2.24) is 10.2 Å². The Labute approximate surface area is 205 Å². The van der Waals surface area contributed by atoms with Gasteiger partial charge in [0.2, 0.25) is 0 Å². The molecule has 3 aromatic rings. The summed E-state index contributed by atoms with van der Waals surface area (Å²) in [6.07, 6.45) is 0. The summed E-state index contributed by atoms with van der Waals surface area (Å²) in [5.74, 6) is -1.25. The van der Waals surface area contributed by atoms with Crippen molar-refractivity contribution in [1.29, 1.82) is 0 Å². The smallest absolute Gasteiger partial charge is 0.283 e. The Hall–Kier alpha value is -3.47. The molecule has 2 heterocycles. The minimum Gasteiger partial charge on any atom is -0.350 e. The Balaban J connectivity index is 1.53. The van der Waals surface area contributed by atoms with Gasteiger partial charge in [0.15, 0.2) is 11.0 Å². The number of aromatic nitrogens is 2. The zero-order valence-corrected chi connectivity index (χ0v) is 20.2. The third-order valence-corrected chi connectivity index (χ3v) is 6.85. The molecule has 0 radical (unpaired) electrons. The number of aryl methyl sites for hydroxylation is 2. The van der Waals surface area contributed by atoms with Crippen LogP contribution in [-0.4, -0.2) is 30.4 Å². The van der Waals surface area contributed by atoms with E-state index in [1.807, 2.05) is 13.0 Å². The first-order valence-electron chi connectivity index (χ1n) is 9.82. The molecule has 4 rings (SSSR count). The monoisotopic (exact) mass is 517 g/mol. The Morgan fingerprint density at radius 1 is 0.882 bits per heavy atom. The van der Waals surface area contributed by atoms with Crippen LogP contribution in [0, 0.1) is 13.8 Å². The van der Waals surface area contributed by atoms with E-state index in [0.29, 0.717) is 11.4 Å². The van der Waals surface area contributed by atoms with E-state index in [2.05, 4.69) is 20.2 Å². The molecule has 1 aromatic heterocycles. The van der Waals surface area contributed by atoms with Crippen LogP contribution in [0.1, 0.15) is 11.1 Å². The lowest BCUT2D eigenvalue weighted by atomic mass is 10.1. The van der Waals surface area contributed by atoms with Crippen molar-refractivity contribution in [3.63, 3.8) is 0 Å². The fourth-order valence-corrected chi connectivity index (χ4v) is 4.63. The molecular weight excluding hydrogens is 501 g/mol. The number of imide groups is 1. The van der Waals surface area contributed by atoms with Gasteiger partial charge in [-0.25, -0.2) is 13.3 Å². The Morgan fingerprint density at radius 2 is 1.59 bits per heavy atom. The maximum atomic E-state index is 13.0. The Kier molecular flexibility index (Phi) is 6.30. The van der Waals surface area contributed by atoms with E-state index in [1.165, 1.54) is 36.4 Å². The SMILES string of the molecule is Cc1ccc(N2C(=O)C(Cl)=C(Nc3ccc(S(=O)(=O)Nc4ccc(Cl)nn4)cc3)C2=O)c(C)c1. The topological polar surface area (TPSA) is 121 Å². The van der Waals surface area contributed by atoms with Gasteiger partial charge < -0.3 is 5.32 Å². The quantitative estimate of drug-likeness (QED) is 0.474. The molecule has 0 aliphatic carbocycles. The number of hydrogen-bond acceptors (Lipinski definition) is 7. The first kappa shape index (κ1) is 23.7. The lowest BCUT2D eigenvalue weighted by Gasteiger charge is -2.18. The van der Waals surface area contributed by atoms with E-state index < -0.39 is 21.8 Å². The van der Waals surface area contributed by atoms with Gasteiger partial charge in [-0.05, 0) is 61.9 Å². The van der Waals surface area contributed by atoms with Crippen LogP contribution in [0.4, 0.5) is 17.2 Å². The van der Waals surface area contributed by atoms with Gasteiger partial charge in [0, 0.05) is 5.69 Å². The molecule has 9 nitrogen and oxygen atoms in total. The number of nitrogens with one attached hydrogen (secondary N) is 2. The molecule has 0 fully saturated rings. The number of carbonyl (C=O) groups excluding carboxylic acids is 2. The van der Waals surface area contributed by atoms with Crippen LogP contribution in [0.25, 0.3) is 0 Å². The number of rotatable bonds is 6. The molecule has 1 aliphatic heterocycles. The molecule has 2 amide bonds. The molecule has 0 bridgehead atoms. The highest BCUT2D eigenvalue weighted by molar-refractivity contribution is 7.92. The van der Waals surface area contributed by atoms with Crippen molar-refractivity contribution in [3.05, 3.63) is 81.6 Å². The summed E-state index contributed by atoms with van der Waals surface area (Å²) in [4.78, 5) is 26.7. The molecule has 0 unspecified atom stereocenters. The fraction of sp³-hybridized carbons (Fsp3) is 0.0909. The average molecular weight is 518 g/mol. The van der Waals surface area contributed by atoms with Gasteiger partial charge in [-0.1, -0.05) is 40.9 Å². The minimum atomic E-state index is -3.94. The van der Waals surface area contributed by atoms with Crippen LogP contribution in [0.2, 0.25) is 5.15 Å². The molecule has 174 valence electrons. The van der Waals surface area contributed by atoms with Crippen LogP contribution in [0.15, 0.2) is 70.2 Å². The number of sulfonamides is 1. The van der Waals surface area contributed by atoms with Crippen LogP contribution in [-0.2, 0) is 19.6 Å². The maximum absolute atomic E-state index is 13.0. The van der Waals surface area contributed by atoms with E-state index in [4.69, 9.17) is 23.2 Å². The molecule has 2 aromatic carbocycles. The van der Waals surface area contributed by atoms with Gasteiger partial charge >= 0.3 is 0 Å². The standard InChI is InChI=1S/C22H17Cl2N5O4S/c1-12-3-8-16(13(2)11-12)29-21(30)19(24)20(22(29)31)25-14-4-6-15(7-5-14)34(32,33)28-18-10-9-17(23)26-27-18/h3-11,25H,1-2H3,(H,27,28). The first-order chi connectivity index (χ1) is 16.1. The summed E-state index contributed by atoms with van der Waals surface area (Å²) < 4.78 is 27.4. The lowest BCUT2D eigenvalue weighted by Crippen LogP contribution is -2.32. The largest absolute Gasteiger partial charge is 0.350 e. The Bertz CT molecular complexity index is 1440. The fourth-order valence-electron chi connectivity index (χ4n) is 3.32. The highest BCUT2D eigenvalue weighted by Crippen LogP contribution is 2.32. The van der Waals surface area contributed by atoms with Gasteiger partial charge in [-0.3, -0.25) is 14.3 Å². The lowest BCUT2D eigenvalue weighted by molar-refractivity contribution is -0.120. The van der Waals surface area contributed by atoms with Crippen molar-refractivity contribution in [3.8, 4) is 0 Å². The number of hydrogen-bond donors (Lipinski definition) is 2. The van der Waals surface area contributed by atoms with E-state index in [-0.39, 0.29) is 26.6 Å². The second-order valence-electron chi connectivity index (χ2n) is 7.42. The molecule has 12 heteroatoms. The van der Waals surface area contributed by atoms with Gasteiger partial charge in [-0.15, -0.1) is 10.2 Å².